The third kappa shape index (κ3) is 5.16. The van der Waals surface area contributed by atoms with Crippen molar-refractivity contribution in [3.8, 4) is 0 Å². The number of hydrogen-bond donors (Lipinski definition) is 0. The molecule has 0 heterocycles. The predicted octanol–water partition coefficient (Wildman–Crippen LogP) is 4.90. The summed E-state index contributed by atoms with van der Waals surface area (Å²) in [6.07, 6.45) is 8.36. The molecule has 1 aliphatic rings. The van der Waals surface area contributed by atoms with Crippen molar-refractivity contribution in [1.29, 1.82) is 0 Å². The minimum absolute atomic E-state index is 0.276. The SMILES string of the molecule is CC(CN(C(=O)C(C)(C)C)C(C)C)C(C)C1CC=CCC1. The lowest BCUT2D eigenvalue weighted by Crippen LogP contribution is -2.46. The molecule has 0 aromatic heterocycles. The minimum Gasteiger partial charge on any atom is -0.340 e. The van der Waals surface area contributed by atoms with Gasteiger partial charge in [0.05, 0.1) is 0 Å². The number of nitrogens with zero attached hydrogens (tertiary/aromatic N) is 1. The van der Waals surface area contributed by atoms with Gasteiger partial charge < -0.3 is 4.90 Å². The molecule has 0 aromatic carbocycles. The van der Waals surface area contributed by atoms with Crippen molar-refractivity contribution in [2.24, 2.45) is 23.2 Å². The van der Waals surface area contributed by atoms with Crippen LogP contribution in [0.15, 0.2) is 12.2 Å². The Morgan fingerprint density at radius 1 is 1.19 bits per heavy atom. The van der Waals surface area contributed by atoms with E-state index >= 15 is 0 Å². The fourth-order valence-corrected chi connectivity index (χ4v) is 3.19. The van der Waals surface area contributed by atoms with Gasteiger partial charge in [0.15, 0.2) is 0 Å². The Kier molecular flexibility index (Phi) is 6.49. The lowest BCUT2D eigenvalue weighted by molar-refractivity contribution is -0.142. The Hall–Kier alpha value is -0.790. The second-order valence-corrected chi connectivity index (χ2v) is 8.18. The van der Waals surface area contributed by atoms with Gasteiger partial charge in [0.2, 0.25) is 5.91 Å². The monoisotopic (exact) mass is 293 g/mol. The van der Waals surface area contributed by atoms with Crippen LogP contribution in [0.5, 0.6) is 0 Å². The van der Waals surface area contributed by atoms with E-state index in [4.69, 9.17) is 0 Å². The molecule has 1 rings (SSSR count). The van der Waals surface area contributed by atoms with Crippen molar-refractivity contribution < 1.29 is 4.79 Å². The van der Waals surface area contributed by atoms with Gasteiger partial charge in [0, 0.05) is 18.0 Å². The molecule has 0 saturated carbocycles. The maximum atomic E-state index is 12.7. The van der Waals surface area contributed by atoms with Crippen molar-refractivity contribution in [1.82, 2.24) is 4.90 Å². The summed E-state index contributed by atoms with van der Waals surface area (Å²) < 4.78 is 0. The minimum atomic E-state index is -0.291. The van der Waals surface area contributed by atoms with Crippen LogP contribution in [-0.2, 0) is 4.79 Å². The Morgan fingerprint density at radius 2 is 1.81 bits per heavy atom. The van der Waals surface area contributed by atoms with Gasteiger partial charge in [-0.15, -0.1) is 0 Å². The summed E-state index contributed by atoms with van der Waals surface area (Å²) in [5.74, 6) is 2.28. The van der Waals surface area contributed by atoms with Gasteiger partial charge in [0.1, 0.15) is 0 Å². The largest absolute Gasteiger partial charge is 0.340 e. The van der Waals surface area contributed by atoms with Gasteiger partial charge >= 0.3 is 0 Å². The lowest BCUT2D eigenvalue weighted by Gasteiger charge is -2.38. The lowest BCUT2D eigenvalue weighted by atomic mass is 9.77. The van der Waals surface area contributed by atoms with Gasteiger partial charge in [0.25, 0.3) is 0 Å². The van der Waals surface area contributed by atoms with Crippen molar-refractivity contribution in [3.63, 3.8) is 0 Å². The van der Waals surface area contributed by atoms with Crippen LogP contribution in [0.25, 0.3) is 0 Å². The zero-order chi connectivity index (χ0) is 16.2. The molecule has 3 unspecified atom stereocenters. The summed E-state index contributed by atoms with van der Waals surface area (Å²) in [5.41, 5.74) is -0.291. The number of rotatable bonds is 5. The average molecular weight is 293 g/mol. The molecular formula is C19H35NO. The highest BCUT2D eigenvalue weighted by atomic mass is 16.2. The van der Waals surface area contributed by atoms with E-state index in [1.807, 2.05) is 20.8 Å². The smallest absolute Gasteiger partial charge is 0.228 e. The standard InChI is InChI=1S/C19H35NO/c1-14(2)20(18(21)19(5,6)7)13-15(3)16(4)17-11-9-8-10-12-17/h8-9,14-17H,10-13H2,1-7H3. The molecule has 0 fully saturated rings. The Bertz CT molecular complexity index is 364. The quantitative estimate of drug-likeness (QED) is 0.660. The summed E-state index contributed by atoms with van der Waals surface area (Å²) in [6, 6.07) is 0.276. The topological polar surface area (TPSA) is 20.3 Å². The third-order valence-corrected chi connectivity index (χ3v) is 4.96. The molecule has 0 spiro atoms. The molecule has 0 aliphatic heterocycles. The first kappa shape index (κ1) is 18.3. The van der Waals surface area contributed by atoms with Gasteiger partial charge in [-0.25, -0.2) is 0 Å². The van der Waals surface area contributed by atoms with Crippen LogP contribution in [0.3, 0.4) is 0 Å². The average Bonchev–Trinajstić information content (AvgIpc) is 2.42. The fourth-order valence-electron chi connectivity index (χ4n) is 3.19. The van der Waals surface area contributed by atoms with Crippen molar-refractivity contribution in [3.05, 3.63) is 12.2 Å². The molecule has 3 atom stereocenters. The molecule has 0 N–H and O–H groups in total. The Labute approximate surface area is 132 Å². The highest BCUT2D eigenvalue weighted by Gasteiger charge is 2.32. The van der Waals surface area contributed by atoms with E-state index in [0.29, 0.717) is 11.8 Å². The van der Waals surface area contributed by atoms with Crippen molar-refractivity contribution in [2.75, 3.05) is 6.54 Å². The maximum absolute atomic E-state index is 12.7. The van der Waals surface area contributed by atoms with Crippen LogP contribution in [0.2, 0.25) is 0 Å². The Balaban J connectivity index is 2.70. The normalized spacial score (nSPS) is 22.2. The van der Waals surface area contributed by atoms with Crippen LogP contribution in [-0.4, -0.2) is 23.4 Å². The van der Waals surface area contributed by atoms with Crippen LogP contribution in [0.4, 0.5) is 0 Å². The molecule has 0 radical (unpaired) electrons. The van der Waals surface area contributed by atoms with Crippen molar-refractivity contribution >= 4 is 5.91 Å². The molecule has 2 heteroatoms. The molecule has 0 saturated heterocycles. The first-order valence-corrected chi connectivity index (χ1v) is 8.60. The zero-order valence-electron chi connectivity index (χ0n) is 15.1. The van der Waals surface area contributed by atoms with Crippen LogP contribution >= 0.6 is 0 Å². The van der Waals surface area contributed by atoms with E-state index in [1.165, 1.54) is 19.3 Å². The summed E-state index contributed by atoms with van der Waals surface area (Å²) in [5, 5.41) is 0. The summed E-state index contributed by atoms with van der Waals surface area (Å²) >= 11 is 0. The molecule has 0 bridgehead atoms. The van der Waals surface area contributed by atoms with Gasteiger partial charge in [-0.05, 0) is 50.9 Å². The molecule has 21 heavy (non-hydrogen) atoms. The molecule has 122 valence electrons. The number of carbonyl (C=O) groups is 1. The molecule has 0 aromatic rings. The second-order valence-electron chi connectivity index (χ2n) is 8.18. The highest BCUT2D eigenvalue weighted by molar-refractivity contribution is 5.81. The molecule has 1 aliphatic carbocycles. The second kappa shape index (κ2) is 7.47. The number of hydrogen-bond acceptors (Lipinski definition) is 1. The van der Waals surface area contributed by atoms with E-state index in [1.54, 1.807) is 0 Å². The van der Waals surface area contributed by atoms with E-state index in [0.717, 1.165) is 12.5 Å². The number of carbonyl (C=O) groups excluding carboxylic acids is 1. The van der Waals surface area contributed by atoms with E-state index in [-0.39, 0.29) is 17.4 Å². The first-order chi connectivity index (χ1) is 9.64. The summed E-state index contributed by atoms with van der Waals surface area (Å²) in [6.45, 7) is 15.9. The zero-order valence-corrected chi connectivity index (χ0v) is 15.1. The molecule has 1 amide bonds. The molecule has 2 nitrogen and oxygen atoms in total. The maximum Gasteiger partial charge on any atom is 0.228 e. The highest BCUT2D eigenvalue weighted by Crippen LogP contribution is 2.32. The van der Waals surface area contributed by atoms with Gasteiger partial charge in [-0.3, -0.25) is 4.79 Å². The predicted molar refractivity (Wildman–Crippen MR) is 91.1 cm³/mol. The Morgan fingerprint density at radius 3 is 2.24 bits per heavy atom. The number of allylic oxidation sites excluding steroid dienone is 2. The summed E-state index contributed by atoms with van der Waals surface area (Å²) in [4.78, 5) is 14.7. The molecular weight excluding hydrogens is 258 g/mol. The van der Waals surface area contributed by atoms with Crippen LogP contribution in [0, 0.1) is 23.2 Å². The number of amides is 1. The van der Waals surface area contributed by atoms with Gasteiger partial charge in [-0.2, -0.15) is 0 Å². The van der Waals surface area contributed by atoms with E-state index < -0.39 is 0 Å². The van der Waals surface area contributed by atoms with Crippen LogP contribution in [0.1, 0.15) is 67.7 Å². The first-order valence-electron chi connectivity index (χ1n) is 8.60. The fraction of sp³-hybridized carbons (Fsp3) is 0.842. The van der Waals surface area contributed by atoms with Crippen LogP contribution < -0.4 is 0 Å². The van der Waals surface area contributed by atoms with Gasteiger partial charge in [-0.1, -0.05) is 46.8 Å². The third-order valence-electron chi connectivity index (χ3n) is 4.96. The van der Waals surface area contributed by atoms with Crippen molar-refractivity contribution in [2.45, 2.75) is 73.8 Å². The van der Waals surface area contributed by atoms with E-state index in [9.17, 15) is 4.79 Å². The summed E-state index contributed by atoms with van der Waals surface area (Å²) in [7, 11) is 0. The van der Waals surface area contributed by atoms with E-state index in [2.05, 4.69) is 44.7 Å².